The van der Waals surface area contributed by atoms with Gasteiger partial charge in [0.15, 0.2) is 0 Å². The summed E-state index contributed by atoms with van der Waals surface area (Å²) in [5.41, 5.74) is 0.886. The molecule has 0 saturated heterocycles. The van der Waals surface area contributed by atoms with Crippen molar-refractivity contribution in [3.05, 3.63) is 30.5 Å². The van der Waals surface area contributed by atoms with Gasteiger partial charge in [0.05, 0.1) is 18.8 Å². The minimum Gasteiger partial charge on any atom is -0.467 e. The van der Waals surface area contributed by atoms with Crippen LogP contribution in [0.1, 0.15) is 6.42 Å². The van der Waals surface area contributed by atoms with E-state index in [2.05, 4.69) is 10.4 Å². The van der Waals surface area contributed by atoms with E-state index in [1.54, 1.807) is 22.6 Å². The summed E-state index contributed by atoms with van der Waals surface area (Å²) in [4.78, 5) is 23.9. The number of rotatable bonds is 7. The topological polar surface area (TPSA) is 73.2 Å². The molecule has 0 spiro atoms. The summed E-state index contributed by atoms with van der Waals surface area (Å²) < 4.78 is 6.35. The number of carbonyl (C=O) groups is 2. The van der Waals surface area contributed by atoms with Gasteiger partial charge in [0.25, 0.3) is 0 Å². The van der Waals surface area contributed by atoms with Gasteiger partial charge in [-0.15, -0.1) is 0 Å². The van der Waals surface area contributed by atoms with Crippen LogP contribution in [0.3, 0.4) is 0 Å². The van der Waals surface area contributed by atoms with Gasteiger partial charge < -0.3 is 10.1 Å². The van der Waals surface area contributed by atoms with Crippen LogP contribution in [-0.2, 0) is 20.9 Å². The molecule has 1 heterocycles. The normalized spacial score (nSPS) is 12.1. The van der Waals surface area contributed by atoms with Crippen LogP contribution in [0.5, 0.6) is 0 Å². The lowest BCUT2D eigenvalue weighted by Crippen LogP contribution is -2.43. The van der Waals surface area contributed by atoms with Crippen LogP contribution < -0.4 is 5.32 Å². The number of amides is 1. The first kappa shape index (κ1) is 16.4. The van der Waals surface area contributed by atoms with E-state index in [4.69, 9.17) is 4.74 Å². The number of hydrogen-bond acceptors (Lipinski definition) is 5. The quantitative estimate of drug-likeness (QED) is 0.781. The fourth-order valence-electron chi connectivity index (χ4n) is 2.15. The average molecular weight is 321 g/mol. The van der Waals surface area contributed by atoms with Crippen molar-refractivity contribution in [3.8, 4) is 0 Å². The Hall–Kier alpha value is -2.02. The Balaban J connectivity index is 2.02. The van der Waals surface area contributed by atoms with Gasteiger partial charge in [-0.25, -0.2) is 4.79 Å². The fourth-order valence-corrected chi connectivity index (χ4v) is 2.63. The van der Waals surface area contributed by atoms with Crippen molar-refractivity contribution in [2.24, 2.45) is 0 Å². The lowest BCUT2D eigenvalue weighted by Gasteiger charge is -2.16. The highest BCUT2D eigenvalue weighted by Crippen LogP contribution is 2.12. The molecule has 22 heavy (non-hydrogen) atoms. The molecule has 1 aromatic carbocycles. The molecule has 1 amide bonds. The van der Waals surface area contributed by atoms with E-state index in [0.717, 1.165) is 16.7 Å². The van der Waals surface area contributed by atoms with E-state index >= 15 is 0 Å². The number of hydrogen-bond donors (Lipinski definition) is 1. The molecule has 0 radical (unpaired) electrons. The molecule has 1 atom stereocenters. The van der Waals surface area contributed by atoms with Crippen LogP contribution in [-0.4, -0.2) is 46.8 Å². The van der Waals surface area contributed by atoms with E-state index < -0.39 is 12.0 Å². The zero-order chi connectivity index (χ0) is 15.9. The van der Waals surface area contributed by atoms with Crippen LogP contribution in [0.25, 0.3) is 10.9 Å². The number of benzene rings is 1. The van der Waals surface area contributed by atoms with Gasteiger partial charge in [-0.1, -0.05) is 18.2 Å². The summed E-state index contributed by atoms with van der Waals surface area (Å²) in [6, 6.07) is 7.04. The summed E-state index contributed by atoms with van der Waals surface area (Å²) in [6.07, 6.45) is 4.21. The largest absolute Gasteiger partial charge is 0.467 e. The summed E-state index contributed by atoms with van der Waals surface area (Å²) >= 11 is 1.62. The van der Waals surface area contributed by atoms with E-state index in [0.29, 0.717) is 6.42 Å². The lowest BCUT2D eigenvalue weighted by molar-refractivity contribution is -0.145. The number of carbonyl (C=O) groups excluding carboxylic acids is 2. The molecule has 2 rings (SSSR count). The minimum absolute atomic E-state index is 0.0697. The Kier molecular flexibility index (Phi) is 5.83. The Labute approximate surface area is 133 Å². The predicted molar refractivity (Wildman–Crippen MR) is 86.7 cm³/mol. The summed E-state index contributed by atoms with van der Waals surface area (Å²) in [5.74, 6) is 0.0863. The first-order chi connectivity index (χ1) is 10.7. The molecule has 6 nitrogen and oxygen atoms in total. The number of methoxy groups -OCH3 is 1. The number of nitrogens with one attached hydrogen (secondary N) is 1. The smallest absolute Gasteiger partial charge is 0.328 e. The first-order valence-corrected chi connectivity index (χ1v) is 8.31. The van der Waals surface area contributed by atoms with E-state index in [9.17, 15) is 9.59 Å². The van der Waals surface area contributed by atoms with Crippen molar-refractivity contribution in [2.45, 2.75) is 19.0 Å². The molecular formula is C15H19N3O3S. The highest BCUT2D eigenvalue weighted by molar-refractivity contribution is 7.98. The van der Waals surface area contributed by atoms with Crippen LogP contribution in [0, 0.1) is 0 Å². The molecule has 2 aromatic rings. The van der Waals surface area contributed by atoms with E-state index in [1.807, 2.05) is 30.5 Å². The van der Waals surface area contributed by atoms with Crippen molar-refractivity contribution in [1.29, 1.82) is 0 Å². The maximum atomic E-state index is 12.2. The molecule has 0 aliphatic carbocycles. The Morgan fingerprint density at radius 1 is 1.41 bits per heavy atom. The standard InChI is InChI=1S/C15H19N3O3S/c1-21-15(20)12(7-8-22-2)17-14(19)10-18-13-6-4-3-5-11(13)9-16-18/h3-6,9,12H,7-8,10H2,1-2H3,(H,17,19)/t12-/m0/s1. The molecule has 0 saturated carbocycles. The maximum absolute atomic E-state index is 12.2. The van der Waals surface area contributed by atoms with Crippen LogP contribution in [0.15, 0.2) is 30.5 Å². The number of esters is 1. The van der Waals surface area contributed by atoms with Gasteiger partial charge in [0, 0.05) is 5.39 Å². The van der Waals surface area contributed by atoms with E-state index in [-0.39, 0.29) is 12.5 Å². The summed E-state index contributed by atoms with van der Waals surface area (Å²) in [7, 11) is 1.32. The van der Waals surface area contributed by atoms with Gasteiger partial charge in [-0.05, 0) is 24.5 Å². The highest BCUT2D eigenvalue weighted by Gasteiger charge is 2.21. The molecule has 1 aromatic heterocycles. The zero-order valence-electron chi connectivity index (χ0n) is 12.6. The number of para-hydroxylation sites is 1. The van der Waals surface area contributed by atoms with Crippen LogP contribution in [0.2, 0.25) is 0 Å². The SMILES string of the molecule is COC(=O)[C@H](CCSC)NC(=O)Cn1ncc2ccccc21. The molecule has 1 N–H and O–H groups in total. The molecule has 0 aliphatic rings. The highest BCUT2D eigenvalue weighted by atomic mass is 32.2. The second-order valence-electron chi connectivity index (χ2n) is 4.79. The molecule has 0 unspecified atom stereocenters. The third kappa shape index (κ3) is 4.00. The number of aromatic nitrogens is 2. The van der Waals surface area contributed by atoms with Crippen molar-refractivity contribution in [3.63, 3.8) is 0 Å². The van der Waals surface area contributed by atoms with Gasteiger partial charge in [-0.2, -0.15) is 16.9 Å². The van der Waals surface area contributed by atoms with Crippen LogP contribution in [0.4, 0.5) is 0 Å². The maximum Gasteiger partial charge on any atom is 0.328 e. The van der Waals surface area contributed by atoms with Crippen molar-refractivity contribution in [1.82, 2.24) is 15.1 Å². The second kappa shape index (κ2) is 7.84. The zero-order valence-corrected chi connectivity index (χ0v) is 13.4. The number of thioether (sulfide) groups is 1. The summed E-state index contributed by atoms with van der Waals surface area (Å²) in [5, 5.41) is 7.90. The number of nitrogens with zero attached hydrogens (tertiary/aromatic N) is 2. The Morgan fingerprint density at radius 2 is 2.18 bits per heavy atom. The molecule has 0 fully saturated rings. The third-order valence-corrected chi connectivity index (χ3v) is 3.92. The van der Waals surface area contributed by atoms with Gasteiger partial charge in [0.2, 0.25) is 5.91 Å². The number of ether oxygens (including phenoxy) is 1. The van der Waals surface area contributed by atoms with Crippen molar-refractivity contribution >= 4 is 34.5 Å². The molecule has 118 valence electrons. The van der Waals surface area contributed by atoms with Crippen molar-refractivity contribution < 1.29 is 14.3 Å². The molecular weight excluding hydrogens is 302 g/mol. The molecule has 0 aliphatic heterocycles. The minimum atomic E-state index is -0.619. The average Bonchev–Trinajstić information content (AvgIpc) is 2.93. The lowest BCUT2D eigenvalue weighted by atomic mass is 10.2. The predicted octanol–water partition coefficient (Wildman–Crippen LogP) is 1.45. The monoisotopic (exact) mass is 321 g/mol. The van der Waals surface area contributed by atoms with Crippen LogP contribution >= 0.6 is 11.8 Å². The molecule has 0 bridgehead atoms. The molecule has 7 heteroatoms. The Bertz CT molecular complexity index is 656. The van der Waals surface area contributed by atoms with Gasteiger partial charge in [0.1, 0.15) is 12.6 Å². The van der Waals surface area contributed by atoms with E-state index in [1.165, 1.54) is 7.11 Å². The third-order valence-electron chi connectivity index (χ3n) is 3.28. The fraction of sp³-hybridized carbons (Fsp3) is 0.400. The van der Waals surface area contributed by atoms with Gasteiger partial charge in [-0.3, -0.25) is 9.48 Å². The summed E-state index contributed by atoms with van der Waals surface area (Å²) in [6.45, 7) is 0.0697. The Morgan fingerprint density at radius 3 is 2.91 bits per heavy atom. The van der Waals surface area contributed by atoms with Crippen molar-refractivity contribution in [2.75, 3.05) is 19.1 Å². The number of fused-ring (bicyclic) bond motifs is 1. The first-order valence-electron chi connectivity index (χ1n) is 6.92. The van der Waals surface area contributed by atoms with Gasteiger partial charge >= 0.3 is 5.97 Å². The second-order valence-corrected chi connectivity index (χ2v) is 5.77.